The second kappa shape index (κ2) is 6.39. The van der Waals surface area contributed by atoms with Crippen molar-refractivity contribution in [1.29, 1.82) is 0 Å². The van der Waals surface area contributed by atoms with Crippen LogP contribution in [0, 0.1) is 5.82 Å². The van der Waals surface area contributed by atoms with Crippen molar-refractivity contribution in [2.75, 3.05) is 11.5 Å². The maximum atomic E-state index is 13.4. The number of rotatable bonds is 3. The first-order chi connectivity index (χ1) is 9.35. The number of thioether (sulfide) groups is 2. The number of nitrogens with one attached hydrogen (secondary N) is 1. The van der Waals surface area contributed by atoms with Gasteiger partial charge >= 0.3 is 0 Å². The summed E-state index contributed by atoms with van der Waals surface area (Å²) in [5.41, 5.74) is 0.912. The van der Waals surface area contributed by atoms with Crippen LogP contribution in [0.3, 0.4) is 0 Å². The summed E-state index contributed by atoms with van der Waals surface area (Å²) in [6.07, 6.45) is 0.854. The molecule has 20 heavy (non-hydrogen) atoms. The molecule has 1 aromatic rings. The first-order valence-electron chi connectivity index (χ1n) is 6.71. The molecule has 0 saturated carbocycles. The highest BCUT2D eigenvalue weighted by Crippen LogP contribution is 2.36. The number of carbonyl (C=O) groups is 1. The Kier molecular flexibility index (Phi) is 5.02. The van der Waals surface area contributed by atoms with Crippen molar-refractivity contribution in [2.45, 2.75) is 42.9 Å². The van der Waals surface area contributed by atoms with Crippen LogP contribution < -0.4 is 5.32 Å². The molecular weight excluding hydrogens is 293 g/mol. The molecule has 1 amide bonds. The molecule has 110 valence electrons. The predicted octanol–water partition coefficient (Wildman–Crippen LogP) is 4.01. The van der Waals surface area contributed by atoms with E-state index >= 15 is 0 Å². The van der Waals surface area contributed by atoms with E-state index in [1.54, 1.807) is 35.7 Å². The summed E-state index contributed by atoms with van der Waals surface area (Å²) in [6.45, 7) is 6.27. The Labute approximate surface area is 128 Å². The molecule has 1 unspecified atom stereocenters. The number of hydrogen-bond acceptors (Lipinski definition) is 3. The zero-order valence-corrected chi connectivity index (χ0v) is 13.7. The minimum Gasteiger partial charge on any atom is -0.349 e. The third kappa shape index (κ3) is 4.42. The van der Waals surface area contributed by atoms with Crippen LogP contribution in [0.15, 0.2) is 23.1 Å². The molecule has 0 bridgehead atoms. The molecule has 0 aliphatic carbocycles. The Morgan fingerprint density at radius 3 is 2.95 bits per heavy atom. The van der Waals surface area contributed by atoms with Crippen LogP contribution in [0.25, 0.3) is 0 Å². The lowest BCUT2D eigenvalue weighted by Crippen LogP contribution is -2.32. The molecule has 1 atom stereocenters. The molecule has 0 aromatic heterocycles. The van der Waals surface area contributed by atoms with Gasteiger partial charge in [-0.1, -0.05) is 20.8 Å². The quantitative estimate of drug-likeness (QED) is 0.914. The Morgan fingerprint density at radius 2 is 2.25 bits per heavy atom. The fraction of sp³-hybridized carbons (Fsp3) is 0.533. The van der Waals surface area contributed by atoms with Gasteiger partial charge in [0, 0.05) is 15.4 Å². The van der Waals surface area contributed by atoms with E-state index in [0.717, 1.165) is 22.6 Å². The number of hydrogen-bond donors (Lipinski definition) is 1. The molecule has 1 N–H and O–H groups in total. The van der Waals surface area contributed by atoms with Crippen molar-refractivity contribution in [3.05, 3.63) is 29.6 Å². The summed E-state index contributed by atoms with van der Waals surface area (Å²) in [7, 11) is 0. The minimum atomic E-state index is -0.241. The molecule has 1 aliphatic rings. The Balaban J connectivity index is 2.01. The maximum Gasteiger partial charge on any atom is 0.230 e. The molecule has 0 saturated heterocycles. The van der Waals surface area contributed by atoms with E-state index in [2.05, 4.69) is 26.1 Å². The molecule has 1 aromatic carbocycles. The van der Waals surface area contributed by atoms with Crippen LogP contribution >= 0.6 is 23.5 Å². The first-order valence-corrected chi connectivity index (χ1v) is 8.68. The van der Waals surface area contributed by atoms with Gasteiger partial charge in [-0.15, -0.1) is 23.5 Å². The molecule has 1 heterocycles. The van der Waals surface area contributed by atoms with Crippen LogP contribution in [-0.4, -0.2) is 22.2 Å². The van der Waals surface area contributed by atoms with Gasteiger partial charge in [-0.05, 0) is 30.2 Å². The summed E-state index contributed by atoms with van der Waals surface area (Å²) in [5.74, 6) is 1.18. The fourth-order valence-electron chi connectivity index (χ4n) is 2.03. The molecule has 2 rings (SSSR count). The third-order valence-electron chi connectivity index (χ3n) is 2.98. The van der Waals surface area contributed by atoms with Gasteiger partial charge in [0.25, 0.3) is 0 Å². The second-order valence-corrected chi connectivity index (χ2v) is 8.78. The summed E-state index contributed by atoms with van der Waals surface area (Å²) in [6, 6.07) is 4.77. The highest BCUT2D eigenvalue weighted by molar-refractivity contribution is 8.01. The SMILES string of the molecule is CC(C)(C)SCC(=O)NC1CCSc2ccc(F)cc21. The topological polar surface area (TPSA) is 29.1 Å². The Bertz CT molecular complexity index is 499. The monoisotopic (exact) mass is 313 g/mol. The van der Waals surface area contributed by atoms with E-state index < -0.39 is 0 Å². The fourth-order valence-corrected chi connectivity index (χ4v) is 3.79. The minimum absolute atomic E-state index is 0.0250. The van der Waals surface area contributed by atoms with Crippen molar-refractivity contribution in [3.8, 4) is 0 Å². The Hall–Kier alpha value is -0.680. The lowest BCUT2D eigenvalue weighted by molar-refractivity contribution is -0.119. The lowest BCUT2D eigenvalue weighted by atomic mass is 10.0. The van der Waals surface area contributed by atoms with Gasteiger partial charge in [0.2, 0.25) is 5.91 Å². The summed E-state index contributed by atoms with van der Waals surface area (Å²) >= 11 is 3.35. The van der Waals surface area contributed by atoms with E-state index in [4.69, 9.17) is 0 Å². The van der Waals surface area contributed by atoms with Crippen LogP contribution in [0.2, 0.25) is 0 Å². The number of fused-ring (bicyclic) bond motifs is 1. The first kappa shape index (κ1) is 15.7. The predicted molar refractivity (Wildman–Crippen MR) is 84.8 cm³/mol. The van der Waals surface area contributed by atoms with Gasteiger partial charge in [0.05, 0.1) is 11.8 Å². The standard InChI is InChI=1S/C15H20FNOS2/c1-15(2,3)20-9-14(18)17-12-6-7-19-13-5-4-10(16)8-11(12)13/h4-5,8,12H,6-7,9H2,1-3H3,(H,17,18). The van der Waals surface area contributed by atoms with E-state index in [0.29, 0.717) is 5.75 Å². The number of halogens is 1. The number of amides is 1. The largest absolute Gasteiger partial charge is 0.349 e. The number of carbonyl (C=O) groups excluding carboxylic acids is 1. The summed E-state index contributed by atoms with van der Waals surface area (Å²) < 4.78 is 13.5. The van der Waals surface area contributed by atoms with Crippen molar-refractivity contribution in [2.24, 2.45) is 0 Å². The molecule has 5 heteroatoms. The van der Waals surface area contributed by atoms with Gasteiger partial charge in [-0.3, -0.25) is 4.79 Å². The average Bonchev–Trinajstić information content (AvgIpc) is 2.36. The summed E-state index contributed by atoms with van der Waals surface area (Å²) in [4.78, 5) is 13.1. The van der Waals surface area contributed by atoms with Gasteiger partial charge in [-0.2, -0.15) is 0 Å². The van der Waals surface area contributed by atoms with E-state index in [9.17, 15) is 9.18 Å². The van der Waals surface area contributed by atoms with Crippen molar-refractivity contribution in [3.63, 3.8) is 0 Å². The normalized spacial score (nSPS) is 18.5. The van der Waals surface area contributed by atoms with Crippen molar-refractivity contribution in [1.82, 2.24) is 5.32 Å². The van der Waals surface area contributed by atoms with Gasteiger partial charge in [0.15, 0.2) is 0 Å². The zero-order chi connectivity index (χ0) is 14.8. The highest BCUT2D eigenvalue weighted by atomic mass is 32.2. The molecular formula is C15H20FNOS2. The van der Waals surface area contributed by atoms with Crippen molar-refractivity contribution < 1.29 is 9.18 Å². The van der Waals surface area contributed by atoms with Gasteiger partial charge < -0.3 is 5.32 Å². The molecule has 0 radical (unpaired) electrons. The van der Waals surface area contributed by atoms with E-state index in [-0.39, 0.29) is 22.5 Å². The third-order valence-corrected chi connectivity index (χ3v) is 5.38. The van der Waals surface area contributed by atoms with Crippen molar-refractivity contribution >= 4 is 29.4 Å². The van der Waals surface area contributed by atoms with Crippen LogP contribution in [0.1, 0.15) is 38.8 Å². The highest BCUT2D eigenvalue weighted by Gasteiger charge is 2.23. The van der Waals surface area contributed by atoms with Crippen LogP contribution in [0.4, 0.5) is 4.39 Å². The van der Waals surface area contributed by atoms with Gasteiger partial charge in [-0.25, -0.2) is 4.39 Å². The molecule has 0 fully saturated rings. The molecule has 1 aliphatic heterocycles. The molecule has 2 nitrogen and oxygen atoms in total. The average molecular weight is 313 g/mol. The smallest absolute Gasteiger partial charge is 0.230 e. The van der Waals surface area contributed by atoms with Crippen LogP contribution in [0.5, 0.6) is 0 Å². The van der Waals surface area contributed by atoms with E-state index in [1.807, 2.05) is 0 Å². The lowest BCUT2D eigenvalue weighted by Gasteiger charge is -2.26. The van der Waals surface area contributed by atoms with Gasteiger partial charge in [0.1, 0.15) is 5.82 Å². The zero-order valence-electron chi connectivity index (χ0n) is 12.0. The summed E-state index contributed by atoms with van der Waals surface area (Å²) in [5, 5.41) is 3.04. The number of benzene rings is 1. The molecule has 0 spiro atoms. The second-order valence-electron chi connectivity index (χ2n) is 5.84. The van der Waals surface area contributed by atoms with Crippen LogP contribution in [-0.2, 0) is 4.79 Å². The van der Waals surface area contributed by atoms with E-state index in [1.165, 1.54) is 6.07 Å². The Morgan fingerprint density at radius 1 is 1.50 bits per heavy atom. The maximum absolute atomic E-state index is 13.4.